The van der Waals surface area contributed by atoms with E-state index in [1.165, 1.54) is 0 Å². The Labute approximate surface area is 243 Å². The standard InChI is InChI=1S/C32H33FN8O/c1-20-9-12-25(38-31(42)22-6-4-5-21(15-22)18-33)16-27(20)40-32-39-26-7-2-3-8-28(26)41(32)30-17-29(35-19-36-30)37-24-13-10-23(34)11-14-24/h2-9,12,15-17,19,23-24H,10-11,13-14,18,34H2,1H3,(H,38,42)(H,39,40)(H,35,36,37). The molecule has 0 bridgehead atoms. The molecular weight excluding hydrogens is 531 g/mol. The minimum Gasteiger partial charge on any atom is -0.367 e. The lowest BCUT2D eigenvalue weighted by molar-refractivity contribution is 0.102. The third kappa shape index (κ3) is 5.94. The number of para-hydroxylation sites is 2. The van der Waals surface area contributed by atoms with Crippen molar-refractivity contribution in [3.8, 4) is 5.82 Å². The quantitative estimate of drug-likeness (QED) is 0.175. The summed E-state index contributed by atoms with van der Waals surface area (Å²) in [5.41, 5.74) is 11.0. The highest BCUT2D eigenvalue weighted by Gasteiger charge is 2.20. The first kappa shape index (κ1) is 27.3. The van der Waals surface area contributed by atoms with Crippen molar-refractivity contribution in [3.05, 3.63) is 95.8 Å². The first-order chi connectivity index (χ1) is 20.5. The number of aromatic nitrogens is 4. The number of carbonyl (C=O) groups excluding carboxylic acids is 1. The third-order valence-corrected chi connectivity index (χ3v) is 7.65. The van der Waals surface area contributed by atoms with Crippen LogP contribution in [0, 0.1) is 6.92 Å². The summed E-state index contributed by atoms with van der Waals surface area (Å²) in [4.78, 5) is 26.8. The summed E-state index contributed by atoms with van der Waals surface area (Å²) in [6, 6.07) is 22.6. The number of nitrogens with two attached hydrogens (primary N) is 1. The molecule has 1 amide bonds. The number of imidazole rings is 1. The molecule has 1 saturated carbocycles. The third-order valence-electron chi connectivity index (χ3n) is 7.65. The molecule has 0 unspecified atom stereocenters. The fourth-order valence-corrected chi connectivity index (χ4v) is 5.32. The molecule has 1 aliphatic carbocycles. The number of benzene rings is 3. The Morgan fingerprint density at radius 3 is 2.67 bits per heavy atom. The van der Waals surface area contributed by atoms with Crippen LogP contribution < -0.4 is 21.7 Å². The van der Waals surface area contributed by atoms with Crippen LogP contribution in [0.1, 0.15) is 47.2 Å². The molecule has 10 heteroatoms. The van der Waals surface area contributed by atoms with Gasteiger partial charge in [0.05, 0.1) is 11.0 Å². The van der Waals surface area contributed by atoms with E-state index in [0.29, 0.717) is 34.6 Å². The molecule has 2 aromatic heterocycles. The molecule has 42 heavy (non-hydrogen) atoms. The van der Waals surface area contributed by atoms with Gasteiger partial charge in [-0.2, -0.15) is 0 Å². The molecule has 5 aromatic rings. The Morgan fingerprint density at radius 1 is 1.00 bits per heavy atom. The van der Waals surface area contributed by atoms with Crippen molar-refractivity contribution < 1.29 is 9.18 Å². The van der Waals surface area contributed by atoms with Crippen LogP contribution in [0.4, 0.5) is 27.5 Å². The van der Waals surface area contributed by atoms with Crippen LogP contribution in [0.25, 0.3) is 16.9 Å². The Bertz CT molecular complexity index is 1730. The monoisotopic (exact) mass is 564 g/mol. The largest absolute Gasteiger partial charge is 0.367 e. The average Bonchev–Trinajstić information content (AvgIpc) is 3.38. The summed E-state index contributed by atoms with van der Waals surface area (Å²) < 4.78 is 15.1. The number of fused-ring (bicyclic) bond motifs is 1. The first-order valence-corrected chi connectivity index (χ1v) is 14.1. The Kier molecular flexibility index (Phi) is 7.78. The normalized spacial score (nSPS) is 16.7. The average molecular weight is 565 g/mol. The number of alkyl halides is 1. The predicted octanol–water partition coefficient (Wildman–Crippen LogP) is 6.27. The topological polar surface area (TPSA) is 123 Å². The highest BCUT2D eigenvalue weighted by atomic mass is 19.1. The second-order valence-corrected chi connectivity index (χ2v) is 10.7. The summed E-state index contributed by atoms with van der Waals surface area (Å²) in [5, 5.41) is 9.94. The van der Waals surface area contributed by atoms with E-state index in [1.807, 2.05) is 60.0 Å². The van der Waals surface area contributed by atoms with Gasteiger partial charge in [-0.25, -0.2) is 19.3 Å². The lowest BCUT2D eigenvalue weighted by Gasteiger charge is -2.27. The Hall–Kier alpha value is -4.83. The lowest BCUT2D eigenvalue weighted by Crippen LogP contribution is -2.33. The molecule has 1 aliphatic rings. The number of hydrogen-bond donors (Lipinski definition) is 4. The van der Waals surface area contributed by atoms with Crippen LogP contribution >= 0.6 is 0 Å². The summed E-state index contributed by atoms with van der Waals surface area (Å²) in [6.07, 6.45) is 5.57. The van der Waals surface area contributed by atoms with Crippen molar-refractivity contribution in [3.63, 3.8) is 0 Å². The van der Waals surface area contributed by atoms with E-state index >= 15 is 0 Å². The number of aryl methyl sites for hydroxylation is 1. The highest BCUT2D eigenvalue weighted by molar-refractivity contribution is 6.04. The van der Waals surface area contributed by atoms with E-state index in [9.17, 15) is 9.18 Å². The van der Waals surface area contributed by atoms with Gasteiger partial charge in [-0.3, -0.25) is 9.36 Å². The number of nitrogens with one attached hydrogen (secondary N) is 3. The fraction of sp³-hybridized carbons (Fsp3) is 0.250. The number of hydrogen-bond acceptors (Lipinski definition) is 7. The van der Waals surface area contributed by atoms with Crippen molar-refractivity contribution in [1.82, 2.24) is 19.5 Å². The molecule has 214 valence electrons. The Balaban J connectivity index is 1.29. The number of anilines is 4. The van der Waals surface area contributed by atoms with Crippen LogP contribution in [0.5, 0.6) is 0 Å². The SMILES string of the molecule is Cc1ccc(NC(=O)c2cccc(CF)c2)cc1Nc1nc2ccccc2n1-c1cc(NC2CCC(N)CC2)ncn1. The van der Waals surface area contributed by atoms with Gasteiger partial charge in [0.1, 0.15) is 24.6 Å². The number of rotatable bonds is 8. The van der Waals surface area contributed by atoms with E-state index in [1.54, 1.807) is 30.6 Å². The first-order valence-electron chi connectivity index (χ1n) is 14.1. The van der Waals surface area contributed by atoms with Gasteiger partial charge in [-0.05, 0) is 80.1 Å². The smallest absolute Gasteiger partial charge is 0.255 e. The second kappa shape index (κ2) is 12.0. The summed E-state index contributed by atoms with van der Waals surface area (Å²) in [7, 11) is 0. The molecule has 0 spiro atoms. The van der Waals surface area contributed by atoms with Gasteiger partial charge in [0, 0.05) is 35.1 Å². The summed E-state index contributed by atoms with van der Waals surface area (Å²) >= 11 is 0. The highest BCUT2D eigenvalue weighted by Crippen LogP contribution is 2.30. The Morgan fingerprint density at radius 2 is 1.83 bits per heavy atom. The zero-order valence-electron chi connectivity index (χ0n) is 23.3. The van der Waals surface area contributed by atoms with Crippen LogP contribution in [-0.2, 0) is 6.67 Å². The van der Waals surface area contributed by atoms with Crippen molar-refractivity contribution in [2.24, 2.45) is 5.73 Å². The lowest BCUT2D eigenvalue weighted by atomic mass is 9.92. The molecule has 1 fully saturated rings. The maximum atomic E-state index is 13.1. The van der Waals surface area contributed by atoms with Crippen LogP contribution in [0.15, 0.2) is 79.1 Å². The van der Waals surface area contributed by atoms with E-state index in [-0.39, 0.29) is 11.9 Å². The van der Waals surface area contributed by atoms with Crippen LogP contribution in [-0.4, -0.2) is 37.5 Å². The van der Waals surface area contributed by atoms with Crippen LogP contribution in [0.3, 0.4) is 0 Å². The van der Waals surface area contributed by atoms with E-state index in [2.05, 4.69) is 25.9 Å². The molecule has 0 radical (unpaired) electrons. The molecule has 5 N–H and O–H groups in total. The minimum atomic E-state index is -0.625. The maximum Gasteiger partial charge on any atom is 0.255 e. The zero-order chi connectivity index (χ0) is 29.1. The molecule has 0 aliphatic heterocycles. The van der Waals surface area contributed by atoms with Gasteiger partial charge in [0.2, 0.25) is 5.95 Å². The van der Waals surface area contributed by atoms with Crippen molar-refractivity contribution >= 4 is 40.1 Å². The van der Waals surface area contributed by atoms with Crippen molar-refractivity contribution in [2.45, 2.75) is 51.4 Å². The predicted molar refractivity (Wildman–Crippen MR) is 164 cm³/mol. The van der Waals surface area contributed by atoms with Crippen molar-refractivity contribution in [2.75, 3.05) is 16.0 Å². The van der Waals surface area contributed by atoms with Gasteiger partial charge in [0.25, 0.3) is 5.91 Å². The molecular formula is C32H33FN8O. The molecule has 0 saturated heterocycles. The minimum absolute atomic E-state index is 0.276. The zero-order valence-corrected chi connectivity index (χ0v) is 23.3. The summed E-state index contributed by atoms with van der Waals surface area (Å²) in [5.74, 6) is 1.69. The van der Waals surface area contributed by atoms with E-state index in [0.717, 1.165) is 53.8 Å². The molecule has 0 atom stereocenters. The maximum absolute atomic E-state index is 13.1. The fourth-order valence-electron chi connectivity index (χ4n) is 5.32. The van der Waals surface area contributed by atoms with Crippen LogP contribution in [0.2, 0.25) is 0 Å². The number of halogens is 1. The van der Waals surface area contributed by atoms with Gasteiger partial charge in [-0.15, -0.1) is 0 Å². The number of carbonyl (C=O) groups is 1. The van der Waals surface area contributed by atoms with Crippen molar-refractivity contribution in [1.29, 1.82) is 0 Å². The van der Waals surface area contributed by atoms with E-state index < -0.39 is 6.67 Å². The van der Waals surface area contributed by atoms with Gasteiger partial charge in [-0.1, -0.05) is 30.3 Å². The number of amides is 1. The van der Waals surface area contributed by atoms with Gasteiger partial charge < -0.3 is 21.7 Å². The number of nitrogens with zero attached hydrogens (tertiary/aromatic N) is 4. The molecule has 9 nitrogen and oxygen atoms in total. The van der Waals surface area contributed by atoms with Gasteiger partial charge >= 0.3 is 0 Å². The van der Waals surface area contributed by atoms with E-state index in [4.69, 9.17) is 10.7 Å². The summed E-state index contributed by atoms with van der Waals surface area (Å²) in [6.45, 7) is 1.36. The molecule has 2 heterocycles. The molecule has 3 aromatic carbocycles. The van der Waals surface area contributed by atoms with Gasteiger partial charge in [0.15, 0.2) is 0 Å². The second-order valence-electron chi connectivity index (χ2n) is 10.7. The molecule has 6 rings (SSSR count).